The standard InChI is InChI=1S/C14H14BrN3S/c1-16-7-11-13(15)19-14(17-11)10-8-18(2)12-6-4-3-5-9(10)12/h3-6,8,16H,7H2,1-2H3. The minimum atomic E-state index is 0.780. The fourth-order valence-electron chi connectivity index (χ4n) is 2.24. The summed E-state index contributed by atoms with van der Waals surface area (Å²) in [5.41, 5.74) is 3.50. The molecule has 1 aromatic carbocycles. The predicted octanol–water partition coefficient (Wildman–Crippen LogP) is 3.78. The van der Waals surface area contributed by atoms with Crippen molar-refractivity contribution in [3.8, 4) is 10.6 Å². The number of benzene rings is 1. The first-order chi connectivity index (χ1) is 9.20. The zero-order valence-electron chi connectivity index (χ0n) is 10.8. The zero-order chi connectivity index (χ0) is 13.4. The summed E-state index contributed by atoms with van der Waals surface area (Å²) < 4.78 is 3.25. The molecule has 0 atom stereocenters. The smallest absolute Gasteiger partial charge is 0.126 e. The number of hydrogen-bond donors (Lipinski definition) is 1. The van der Waals surface area contributed by atoms with E-state index in [9.17, 15) is 0 Å². The molecule has 0 aliphatic carbocycles. The van der Waals surface area contributed by atoms with Gasteiger partial charge in [0.1, 0.15) is 5.01 Å². The van der Waals surface area contributed by atoms with Crippen molar-refractivity contribution < 1.29 is 0 Å². The van der Waals surface area contributed by atoms with E-state index in [4.69, 9.17) is 4.98 Å². The molecule has 2 aromatic heterocycles. The number of halogens is 1. The summed E-state index contributed by atoms with van der Waals surface area (Å²) in [5, 5.41) is 5.46. The maximum Gasteiger partial charge on any atom is 0.126 e. The molecule has 98 valence electrons. The highest BCUT2D eigenvalue weighted by Crippen LogP contribution is 2.36. The van der Waals surface area contributed by atoms with Gasteiger partial charge >= 0.3 is 0 Å². The second-order valence-electron chi connectivity index (χ2n) is 4.44. The fraction of sp³-hybridized carbons (Fsp3) is 0.214. The molecule has 1 N–H and O–H groups in total. The minimum Gasteiger partial charge on any atom is -0.350 e. The molecular formula is C14H14BrN3S. The van der Waals surface area contributed by atoms with Crippen molar-refractivity contribution in [1.29, 1.82) is 0 Å². The van der Waals surface area contributed by atoms with Crippen LogP contribution in [-0.2, 0) is 13.6 Å². The van der Waals surface area contributed by atoms with Crippen LogP contribution in [0.15, 0.2) is 34.2 Å². The number of hydrogen-bond acceptors (Lipinski definition) is 3. The molecule has 0 saturated carbocycles. The molecule has 0 spiro atoms. The molecule has 5 heteroatoms. The monoisotopic (exact) mass is 335 g/mol. The van der Waals surface area contributed by atoms with Crippen LogP contribution in [0.25, 0.3) is 21.5 Å². The van der Waals surface area contributed by atoms with Gasteiger partial charge in [-0.25, -0.2) is 4.98 Å². The molecule has 0 unspecified atom stereocenters. The van der Waals surface area contributed by atoms with Gasteiger partial charge in [0.25, 0.3) is 0 Å². The zero-order valence-corrected chi connectivity index (χ0v) is 13.2. The number of thiazole rings is 1. The summed E-state index contributed by atoms with van der Waals surface area (Å²) in [4.78, 5) is 4.73. The summed E-state index contributed by atoms with van der Waals surface area (Å²) in [7, 11) is 4.01. The number of nitrogens with zero attached hydrogens (tertiary/aromatic N) is 2. The van der Waals surface area contributed by atoms with Crippen molar-refractivity contribution in [2.75, 3.05) is 7.05 Å². The Balaban J connectivity index is 2.16. The largest absolute Gasteiger partial charge is 0.350 e. The Hall–Kier alpha value is -1.17. The SMILES string of the molecule is CNCc1nc(-c2cn(C)c3ccccc23)sc1Br. The van der Waals surface area contributed by atoms with E-state index in [1.54, 1.807) is 11.3 Å². The van der Waals surface area contributed by atoms with Gasteiger partial charge in [-0.1, -0.05) is 18.2 Å². The molecular weight excluding hydrogens is 322 g/mol. The van der Waals surface area contributed by atoms with Gasteiger partial charge in [0.05, 0.1) is 9.48 Å². The molecule has 19 heavy (non-hydrogen) atoms. The van der Waals surface area contributed by atoms with Crippen LogP contribution in [0, 0.1) is 0 Å². The van der Waals surface area contributed by atoms with Gasteiger partial charge < -0.3 is 9.88 Å². The van der Waals surface area contributed by atoms with Gasteiger partial charge in [-0.3, -0.25) is 0 Å². The summed E-state index contributed by atoms with van der Waals surface area (Å²) in [6.45, 7) is 0.780. The molecule has 3 rings (SSSR count). The molecule has 0 fully saturated rings. The maximum atomic E-state index is 4.73. The first-order valence-corrected chi connectivity index (χ1v) is 7.66. The van der Waals surface area contributed by atoms with Crippen LogP contribution in [0.3, 0.4) is 0 Å². The second-order valence-corrected chi connectivity index (χ2v) is 6.76. The quantitative estimate of drug-likeness (QED) is 0.789. The van der Waals surface area contributed by atoms with Crippen LogP contribution in [0.2, 0.25) is 0 Å². The van der Waals surface area contributed by atoms with E-state index < -0.39 is 0 Å². The van der Waals surface area contributed by atoms with E-state index in [2.05, 4.69) is 63.3 Å². The van der Waals surface area contributed by atoms with Gasteiger partial charge in [0.2, 0.25) is 0 Å². The molecule has 0 amide bonds. The Bertz CT molecular complexity index is 729. The Morgan fingerprint density at radius 1 is 1.37 bits per heavy atom. The Kier molecular flexibility index (Phi) is 3.43. The number of aryl methyl sites for hydroxylation is 1. The summed E-state index contributed by atoms with van der Waals surface area (Å²) in [6.07, 6.45) is 2.15. The second kappa shape index (κ2) is 5.07. The molecule has 0 aliphatic heterocycles. The van der Waals surface area contributed by atoms with Crippen LogP contribution in [-0.4, -0.2) is 16.6 Å². The number of fused-ring (bicyclic) bond motifs is 1. The Morgan fingerprint density at radius 2 is 2.16 bits per heavy atom. The van der Waals surface area contributed by atoms with E-state index in [-0.39, 0.29) is 0 Å². The highest BCUT2D eigenvalue weighted by Gasteiger charge is 2.14. The summed E-state index contributed by atoms with van der Waals surface area (Å²) in [5.74, 6) is 0. The van der Waals surface area contributed by atoms with Crippen molar-refractivity contribution in [1.82, 2.24) is 14.9 Å². The van der Waals surface area contributed by atoms with E-state index in [0.717, 1.165) is 21.0 Å². The minimum absolute atomic E-state index is 0.780. The lowest BCUT2D eigenvalue weighted by molar-refractivity contribution is 0.795. The lowest BCUT2D eigenvalue weighted by atomic mass is 10.2. The van der Waals surface area contributed by atoms with Crippen molar-refractivity contribution >= 4 is 38.2 Å². The first-order valence-electron chi connectivity index (χ1n) is 6.05. The number of para-hydroxylation sites is 1. The summed E-state index contributed by atoms with van der Waals surface area (Å²) in [6, 6.07) is 8.42. The molecule has 0 radical (unpaired) electrons. The predicted molar refractivity (Wildman–Crippen MR) is 84.5 cm³/mol. The third-order valence-electron chi connectivity index (χ3n) is 3.12. The number of nitrogens with one attached hydrogen (secondary N) is 1. The van der Waals surface area contributed by atoms with Crippen LogP contribution in [0.5, 0.6) is 0 Å². The first kappa shape index (κ1) is 12.8. The molecule has 0 bridgehead atoms. The van der Waals surface area contributed by atoms with E-state index >= 15 is 0 Å². The third kappa shape index (κ3) is 2.22. The van der Waals surface area contributed by atoms with Crippen LogP contribution >= 0.6 is 27.3 Å². The van der Waals surface area contributed by atoms with Crippen LogP contribution < -0.4 is 5.32 Å². The van der Waals surface area contributed by atoms with Gasteiger partial charge in [-0.15, -0.1) is 11.3 Å². The van der Waals surface area contributed by atoms with Gasteiger partial charge in [-0.05, 0) is 29.0 Å². The maximum absolute atomic E-state index is 4.73. The lowest BCUT2D eigenvalue weighted by Crippen LogP contribution is -2.05. The average Bonchev–Trinajstić information content (AvgIpc) is 2.93. The van der Waals surface area contributed by atoms with E-state index in [1.165, 1.54) is 16.5 Å². The fourth-order valence-corrected chi connectivity index (χ4v) is 3.76. The van der Waals surface area contributed by atoms with Crippen molar-refractivity contribution in [3.63, 3.8) is 0 Å². The summed E-state index contributed by atoms with van der Waals surface area (Å²) >= 11 is 5.28. The molecule has 2 heterocycles. The van der Waals surface area contributed by atoms with Gasteiger partial charge in [0.15, 0.2) is 0 Å². The number of rotatable bonds is 3. The molecule has 3 aromatic rings. The van der Waals surface area contributed by atoms with Crippen molar-refractivity contribution in [3.05, 3.63) is 39.9 Å². The van der Waals surface area contributed by atoms with E-state index in [1.807, 2.05) is 7.05 Å². The molecule has 3 nitrogen and oxygen atoms in total. The molecule has 0 saturated heterocycles. The third-order valence-corrected chi connectivity index (χ3v) is 4.98. The highest BCUT2D eigenvalue weighted by molar-refractivity contribution is 9.11. The van der Waals surface area contributed by atoms with Crippen LogP contribution in [0.1, 0.15) is 5.69 Å². The van der Waals surface area contributed by atoms with Crippen molar-refractivity contribution in [2.24, 2.45) is 7.05 Å². The van der Waals surface area contributed by atoms with Crippen molar-refractivity contribution in [2.45, 2.75) is 6.54 Å². The van der Waals surface area contributed by atoms with Crippen LogP contribution in [0.4, 0.5) is 0 Å². The lowest BCUT2D eigenvalue weighted by Gasteiger charge is -1.94. The molecule has 0 aliphatic rings. The van der Waals surface area contributed by atoms with Gasteiger partial charge in [0, 0.05) is 36.3 Å². The average molecular weight is 336 g/mol. The van der Waals surface area contributed by atoms with E-state index in [0.29, 0.717) is 0 Å². The van der Waals surface area contributed by atoms with Gasteiger partial charge in [-0.2, -0.15) is 0 Å². The Morgan fingerprint density at radius 3 is 2.95 bits per heavy atom. The topological polar surface area (TPSA) is 29.9 Å². The normalized spacial score (nSPS) is 11.3. The highest BCUT2D eigenvalue weighted by atomic mass is 79.9. The number of aromatic nitrogens is 2. The Labute approximate surface area is 124 Å².